The summed E-state index contributed by atoms with van der Waals surface area (Å²) in [5, 5.41) is 3.37. The van der Waals surface area contributed by atoms with Crippen LogP contribution in [-0.4, -0.2) is 0 Å². The van der Waals surface area contributed by atoms with E-state index in [2.05, 4.69) is 270 Å². The fraction of sp³-hybridized carbons (Fsp3) is 0.0857. The van der Waals surface area contributed by atoms with Crippen LogP contribution in [0, 0.1) is 6.92 Å². The van der Waals surface area contributed by atoms with E-state index in [4.69, 9.17) is 4.42 Å². The molecule has 0 bridgehead atoms. The Labute approximate surface area is 423 Å². The molecule has 1 aliphatic rings. The topological polar surface area (TPSA) is 16.4 Å². The van der Waals surface area contributed by atoms with Gasteiger partial charge in [-0.15, -0.1) is 0 Å². The van der Waals surface area contributed by atoms with E-state index in [0.29, 0.717) is 0 Å². The van der Waals surface area contributed by atoms with E-state index in [9.17, 15) is 0 Å². The summed E-state index contributed by atoms with van der Waals surface area (Å²) >= 11 is 0. The molecule has 11 aromatic rings. The van der Waals surface area contributed by atoms with Crippen molar-refractivity contribution >= 4 is 44.9 Å². The summed E-state index contributed by atoms with van der Waals surface area (Å²) in [4.78, 5) is 2.51. The van der Waals surface area contributed by atoms with Gasteiger partial charge in [0.1, 0.15) is 11.3 Å². The SMILES string of the molecule is C=C/C=C\c1oc2c(-c3c(N(c4ccc5c(c4)-c4ccccc4C5(c4ccccc4)c4ccccc4)c4ccc(-c5ccc(C(C)(C)C)cc5)cc4-c4ccccc4)ccc4ccccc34)cccc2c1C. The van der Waals surface area contributed by atoms with Gasteiger partial charge in [0.25, 0.3) is 0 Å². The highest BCUT2D eigenvalue weighted by Gasteiger charge is 2.46. The lowest BCUT2D eigenvalue weighted by Gasteiger charge is -2.34. The molecule has 0 amide bonds. The Morgan fingerprint density at radius 3 is 1.82 bits per heavy atom. The molecule has 0 atom stereocenters. The van der Waals surface area contributed by atoms with Crippen LogP contribution in [0.3, 0.4) is 0 Å². The van der Waals surface area contributed by atoms with Gasteiger partial charge in [0.15, 0.2) is 0 Å². The first-order chi connectivity index (χ1) is 35.2. The number of hydrogen-bond donors (Lipinski definition) is 0. The summed E-state index contributed by atoms with van der Waals surface area (Å²) in [6.45, 7) is 12.9. The summed E-state index contributed by atoms with van der Waals surface area (Å²) < 4.78 is 6.92. The second kappa shape index (κ2) is 17.9. The third-order valence-corrected chi connectivity index (χ3v) is 14.9. The lowest BCUT2D eigenvalue weighted by molar-refractivity contribution is 0.590. The molecular formula is C70H55NO. The maximum absolute atomic E-state index is 6.92. The van der Waals surface area contributed by atoms with Crippen molar-refractivity contribution in [3.05, 3.63) is 288 Å². The predicted molar refractivity (Wildman–Crippen MR) is 305 cm³/mol. The number of aryl methyl sites for hydroxylation is 1. The molecule has 72 heavy (non-hydrogen) atoms. The monoisotopic (exact) mass is 925 g/mol. The largest absolute Gasteiger partial charge is 0.456 e. The van der Waals surface area contributed by atoms with Crippen LogP contribution in [0.2, 0.25) is 0 Å². The smallest absolute Gasteiger partial charge is 0.142 e. The highest BCUT2D eigenvalue weighted by atomic mass is 16.3. The fourth-order valence-corrected chi connectivity index (χ4v) is 11.4. The standard InChI is InChI=1S/C70H55NO/c1-6-7-34-66-47(2)56-31-21-32-59(68(56)72-66)67-57-29-18-17-24-50(57)37-44-65(67)71(64-43-38-51(45-60(64)49-22-11-8-12-23-49)48-35-39-52(40-36-48)69(3,4)5)55-41-42-63-61(46-55)58-30-19-20-33-62(58)70(63,53-25-13-9-14-26-53)54-27-15-10-16-28-54/h6-46H,1H2,2-5H3/b34-7-. The second-order valence-corrected chi connectivity index (χ2v) is 20.1. The average Bonchev–Trinajstić information content (AvgIpc) is 3.92. The van der Waals surface area contributed by atoms with Crippen LogP contribution in [0.25, 0.3) is 72.3 Å². The van der Waals surface area contributed by atoms with Crippen LogP contribution in [0.5, 0.6) is 0 Å². The number of rotatable bonds is 10. The predicted octanol–water partition coefficient (Wildman–Crippen LogP) is 19.2. The Hall–Kier alpha value is -8.72. The first kappa shape index (κ1) is 44.5. The van der Waals surface area contributed by atoms with Crippen molar-refractivity contribution < 1.29 is 4.42 Å². The molecule has 0 fully saturated rings. The lowest BCUT2D eigenvalue weighted by Crippen LogP contribution is -2.28. The zero-order valence-corrected chi connectivity index (χ0v) is 41.2. The lowest BCUT2D eigenvalue weighted by atomic mass is 9.68. The van der Waals surface area contributed by atoms with Crippen molar-refractivity contribution in [2.75, 3.05) is 4.90 Å². The van der Waals surface area contributed by atoms with Gasteiger partial charge in [0.2, 0.25) is 0 Å². The molecule has 0 saturated heterocycles. The first-order valence-corrected chi connectivity index (χ1v) is 25.0. The summed E-state index contributed by atoms with van der Waals surface area (Å²) in [7, 11) is 0. The molecule has 0 spiro atoms. The number of fused-ring (bicyclic) bond motifs is 5. The Bertz CT molecular complexity index is 3810. The van der Waals surface area contributed by atoms with Gasteiger partial charge >= 0.3 is 0 Å². The Morgan fingerprint density at radius 1 is 0.486 bits per heavy atom. The minimum Gasteiger partial charge on any atom is -0.456 e. The van der Waals surface area contributed by atoms with Gasteiger partial charge in [-0.1, -0.05) is 240 Å². The highest BCUT2D eigenvalue weighted by molar-refractivity contribution is 6.11. The third-order valence-electron chi connectivity index (χ3n) is 14.9. The van der Waals surface area contributed by atoms with Crippen molar-refractivity contribution in [3.63, 3.8) is 0 Å². The van der Waals surface area contributed by atoms with E-state index in [-0.39, 0.29) is 5.41 Å². The Kier molecular flexibility index (Phi) is 11.1. The molecule has 2 heteroatoms. The first-order valence-electron chi connectivity index (χ1n) is 25.0. The number of hydrogen-bond acceptors (Lipinski definition) is 2. The van der Waals surface area contributed by atoms with Gasteiger partial charge in [-0.25, -0.2) is 0 Å². The number of allylic oxidation sites excluding steroid dienone is 2. The molecule has 0 unspecified atom stereocenters. The number of benzene rings is 10. The summed E-state index contributed by atoms with van der Waals surface area (Å²) in [6.07, 6.45) is 5.75. The summed E-state index contributed by atoms with van der Waals surface area (Å²) in [5.74, 6) is 0.825. The van der Waals surface area contributed by atoms with Gasteiger partial charge in [-0.05, 0) is 115 Å². The molecule has 0 aliphatic heterocycles. The number of nitrogens with zero attached hydrogens (tertiary/aromatic N) is 1. The van der Waals surface area contributed by atoms with Crippen molar-refractivity contribution in [3.8, 4) is 44.5 Å². The van der Waals surface area contributed by atoms with Gasteiger partial charge in [0, 0.05) is 33.3 Å². The zero-order valence-electron chi connectivity index (χ0n) is 41.2. The molecule has 346 valence electrons. The quantitative estimate of drug-likeness (QED) is 0.127. The van der Waals surface area contributed by atoms with Crippen LogP contribution >= 0.6 is 0 Å². The third kappa shape index (κ3) is 7.33. The average molecular weight is 926 g/mol. The molecule has 1 heterocycles. The van der Waals surface area contributed by atoms with Gasteiger partial charge < -0.3 is 9.32 Å². The maximum atomic E-state index is 6.92. The maximum Gasteiger partial charge on any atom is 0.142 e. The molecule has 0 N–H and O–H groups in total. The number of furan rings is 1. The molecule has 10 aromatic carbocycles. The van der Waals surface area contributed by atoms with Crippen molar-refractivity contribution in [1.29, 1.82) is 0 Å². The number of anilines is 3. The van der Waals surface area contributed by atoms with E-state index >= 15 is 0 Å². The molecule has 2 nitrogen and oxygen atoms in total. The molecule has 1 aromatic heterocycles. The van der Waals surface area contributed by atoms with Gasteiger partial charge in [-0.3, -0.25) is 0 Å². The Morgan fingerprint density at radius 2 is 1.10 bits per heavy atom. The van der Waals surface area contributed by atoms with E-state index in [1.54, 1.807) is 6.08 Å². The second-order valence-electron chi connectivity index (χ2n) is 20.1. The minimum absolute atomic E-state index is 0.0520. The van der Waals surface area contributed by atoms with E-state index in [1.165, 1.54) is 44.5 Å². The molecule has 0 saturated carbocycles. The Balaban J connectivity index is 1.18. The zero-order chi connectivity index (χ0) is 49.0. The number of para-hydroxylation sites is 1. The summed E-state index contributed by atoms with van der Waals surface area (Å²) in [6, 6.07) is 85.3. The van der Waals surface area contributed by atoms with Gasteiger partial charge in [-0.2, -0.15) is 0 Å². The van der Waals surface area contributed by atoms with E-state index in [0.717, 1.165) is 77.9 Å². The van der Waals surface area contributed by atoms with E-state index < -0.39 is 5.41 Å². The normalized spacial score (nSPS) is 12.8. The van der Waals surface area contributed by atoms with Gasteiger partial charge in [0.05, 0.1) is 16.8 Å². The van der Waals surface area contributed by atoms with Crippen molar-refractivity contribution in [2.24, 2.45) is 0 Å². The molecule has 1 aliphatic carbocycles. The van der Waals surface area contributed by atoms with E-state index in [1.807, 2.05) is 12.2 Å². The fourth-order valence-electron chi connectivity index (χ4n) is 11.4. The van der Waals surface area contributed by atoms with Crippen LogP contribution < -0.4 is 4.90 Å². The molecule has 0 radical (unpaired) electrons. The molecular weight excluding hydrogens is 871 g/mol. The van der Waals surface area contributed by atoms with Crippen LogP contribution in [0.1, 0.15) is 59.9 Å². The van der Waals surface area contributed by atoms with Crippen LogP contribution in [-0.2, 0) is 10.8 Å². The highest BCUT2D eigenvalue weighted by Crippen LogP contribution is 2.58. The minimum atomic E-state index is -0.532. The summed E-state index contributed by atoms with van der Waals surface area (Å²) in [5.41, 5.74) is 20.1. The van der Waals surface area contributed by atoms with Crippen molar-refractivity contribution in [2.45, 2.75) is 38.5 Å². The van der Waals surface area contributed by atoms with Crippen LogP contribution in [0.15, 0.2) is 254 Å². The van der Waals surface area contributed by atoms with Crippen LogP contribution in [0.4, 0.5) is 17.1 Å². The van der Waals surface area contributed by atoms with Crippen molar-refractivity contribution in [1.82, 2.24) is 0 Å². The molecule has 12 rings (SSSR count).